The van der Waals surface area contributed by atoms with Gasteiger partial charge in [0.2, 0.25) is 10.0 Å². The molecule has 3 aromatic rings. The minimum absolute atomic E-state index is 0.0111. The SMILES string of the molecule is CN(C)S(=O)(=O)c1ccc(N2CCCC2)c(C(=O)OCc2ccn(-c3ccccc3)n2)c1. The molecule has 0 amide bonds. The highest BCUT2D eigenvalue weighted by Crippen LogP contribution is 2.29. The number of para-hydroxylation sites is 1. The number of carbonyl (C=O) groups is 1. The van der Waals surface area contributed by atoms with Gasteiger partial charge in [0, 0.05) is 33.4 Å². The summed E-state index contributed by atoms with van der Waals surface area (Å²) in [7, 11) is -0.750. The number of hydrogen-bond donors (Lipinski definition) is 0. The van der Waals surface area contributed by atoms with Gasteiger partial charge in [0.25, 0.3) is 0 Å². The van der Waals surface area contributed by atoms with Gasteiger partial charge < -0.3 is 9.64 Å². The maximum Gasteiger partial charge on any atom is 0.340 e. The van der Waals surface area contributed by atoms with Crippen molar-refractivity contribution < 1.29 is 17.9 Å². The fraction of sp³-hybridized carbons (Fsp3) is 0.304. The van der Waals surface area contributed by atoms with Crippen LogP contribution in [0.15, 0.2) is 65.7 Å². The maximum atomic E-state index is 13.0. The first kappa shape index (κ1) is 22.0. The van der Waals surface area contributed by atoms with E-state index in [0.29, 0.717) is 11.4 Å². The Kier molecular flexibility index (Phi) is 6.29. The molecule has 9 heteroatoms. The van der Waals surface area contributed by atoms with Gasteiger partial charge in [-0.1, -0.05) is 18.2 Å². The van der Waals surface area contributed by atoms with Gasteiger partial charge in [-0.2, -0.15) is 5.10 Å². The average Bonchev–Trinajstić information content (AvgIpc) is 3.50. The quantitative estimate of drug-likeness (QED) is 0.510. The molecule has 8 nitrogen and oxygen atoms in total. The molecule has 0 atom stereocenters. The average molecular weight is 455 g/mol. The highest BCUT2D eigenvalue weighted by molar-refractivity contribution is 7.89. The van der Waals surface area contributed by atoms with Crippen LogP contribution in [0.4, 0.5) is 5.69 Å². The second-order valence-electron chi connectivity index (χ2n) is 7.82. The van der Waals surface area contributed by atoms with E-state index in [1.54, 1.807) is 29.1 Å². The summed E-state index contributed by atoms with van der Waals surface area (Å²) in [6, 6.07) is 16.1. The van der Waals surface area contributed by atoms with Gasteiger partial charge >= 0.3 is 5.97 Å². The summed E-state index contributed by atoms with van der Waals surface area (Å²) < 4.78 is 33.6. The molecule has 168 valence electrons. The summed E-state index contributed by atoms with van der Waals surface area (Å²) in [5.41, 5.74) is 2.45. The molecule has 32 heavy (non-hydrogen) atoms. The predicted octanol–water partition coefficient (Wildman–Crippen LogP) is 3.08. The molecule has 0 saturated carbocycles. The Labute approximate surface area is 188 Å². The first-order valence-corrected chi connectivity index (χ1v) is 11.9. The summed E-state index contributed by atoms with van der Waals surface area (Å²) in [6.07, 6.45) is 3.87. The lowest BCUT2D eigenvalue weighted by Gasteiger charge is -2.22. The minimum Gasteiger partial charge on any atom is -0.455 e. The third-order valence-corrected chi connectivity index (χ3v) is 7.24. The van der Waals surface area contributed by atoms with E-state index in [1.165, 1.54) is 20.2 Å². The zero-order chi connectivity index (χ0) is 22.7. The third-order valence-electron chi connectivity index (χ3n) is 5.43. The van der Waals surface area contributed by atoms with Gasteiger partial charge in [0.05, 0.1) is 21.8 Å². The van der Waals surface area contributed by atoms with E-state index < -0.39 is 16.0 Å². The van der Waals surface area contributed by atoms with Crippen molar-refractivity contribution in [3.05, 3.63) is 72.1 Å². The molecule has 2 aromatic carbocycles. The highest BCUT2D eigenvalue weighted by atomic mass is 32.2. The van der Waals surface area contributed by atoms with E-state index in [0.717, 1.165) is 35.9 Å². The zero-order valence-corrected chi connectivity index (χ0v) is 19.0. The van der Waals surface area contributed by atoms with Crippen LogP contribution in [0.5, 0.6) is 0 Å². The summed E-state index contributed by atoms with van der Waals surface area (Å²) in [5.74, 6) is -0.572. The van der Waals surface area contributed by atoms with Crippen molar-refractivity contribution in [1.82, 2.24) is 14.1 Å². The van der Waals surface area contributed by atoms with Gasteiger partial charge in [-0.3, -0.25) is 0 Å². The van der Waals surface area contributed by atoms with Crippen molar-refractivity contribution in [1.29, 1.82) is 0 Å². The number of hydrogen-bond acceptors (Lipinski definition) is 6. The van der Waals surface area contributed by atoms with Crippen molar-refractivity contribution in [3.8, 4) is 5.69 Å². The summed E-state index contributed by atoms with van der Waals surface area (Å²) >= 11 is 0. The van der Waals surface area contributed by atoms with Crippen LogP contribution in [-0.4, -0.2) is 55.7 Å². The normalized spacial score (nSPS) is 14.2. The fourth-order valence-electron chi connectivity index (χ4n) is 3.66. The molecule has 1 fully saturated rings. The van der Waals surface area contributed by atoms with Crippen LogP contribution in [0.25, 0.3) is 5.69 Å². The molecular formula is C23H26N4O4S. The van der Waals surface area contributed by atoms with Crippen LogP contribution in [-0.2, 0) is 21.4 Å². The number of aromatic nitrogens is 2. The number of carbonyl (C=O) groups excluding carboxylic acids is 1. The van der Waals surface area contributed by atoms with Gasteiger partial charge in [0.15, 0.2) is 0 Å². The standard InChI is InChI=1S/C23H26N4O4S/c1-25(2)32(29,30)20-10-11-22(26-13-6-7-14-26)21(16-20)23(28)31-17-18-12-15-27(24-18)19-8-4-3-5-9-19/h3-5,8-12,15-16H,6-7,13-14,17H2,1-2H3. The van der Waals surface area contributed by atoms with Crippen molar-refractivity contribution in [2.45, 2.75) is 24.3 Å². The fourth-order valence-corrected chi connectivity index (χ4v) is 4.59. The summed E-state index contributed by atoms with van der Waals surface area (Å²) in [5, 5.41) is 4.45. The molecule has 1 aliphatic heterocycles. The largest absolute Gasteiger partial charge is 0.455 e. The first-order chi connectivity index (χ1) is 15.4. The lowest BCUT2D eigenvalue weighted by Crippen LogP contribution is -2.24. The number of sulfonamides is 1. The second-order valence-corrected chi connectivity index (χ2v) is 9.98. The second kappa shape index (κ2) is 9.13. The van der Waals surface area contributed by atoms with Gasteiger partial charge in [-0.15, -0.1) is 0 Å². The Bertz CT molecular complexity index is 1200. The third kappa shape index (κ3) is 4.53. The van der Waals surface area contributed by atoms with Crippen LogP contribution in [0, 0.1) is 0 Å². The molecule has 2 heterocycles. The van der Waals surface area contributed by atoms with Crippen molar-refractivity contribution >= 4 is 21.7 Å². The van der Waals surface area contributed by atoms with Crippen LogP contribution in [0.2, 0.25) is 0 Å². The van der Waals surface area contributed by atoms with Crippen LogP contribution in [0.3, 0.4) is 0 Å². The zero-order valence-electron chi connectivity index (χ0n) is 18.1. The Morgan fingerprint density at radius 1 is 1.06 bits per heavy atom. The van der Waals surface area contributed by atoms with E-state index >= 15 is 0 Å². The Morgan fingerprint density at radius 2 is 1.78 bits per heavy atom. The van der Waals surface area contributed by atoms with Gasteiger partial charge in [-0.05, 0) is 49.2 Å². The summed E-state index contributed by atoms with van der Waals surface area (Å²) in [4.78, 5) is 15.2. The molecule has 1 saturated heterocycles. The van der Waals surface area contributed by atoms with Gasteiger partial charge in [0.1, 0.15) is 12.3 Å². The summed E-state index contributed by atoms with van der Waals surface area (Å²) in [6.45, 7) is 1.63. The van der Waals surface area contributed by atoms with E-state index in [9.17, 15) is 13.2 Å². The molecule has 1 aromatic heterocycles. The lowest BCUT2D eigenvalue weighted by atomic mass is 10.1. The highest BCUT2D eigenvalue weighted by Gasteiger charge is 2.25. The number of ether oxygens (including phenoxy) is 1. The molecule has 0 spiro atoms. The number of anilines is 1. The Morgan fingerprint density at radius 3 is 2.47 bits per heavy atom. The number of benzene rings is 2. The number of nitrogens with zero attached hydrogens (tertiary/aromatic N) is 4. The molecule has 0 aliphatic carbocycles. The molecule has 0 unspecified atom stereocenters. The van der Waals surface area contributed by atoms with Gasteiger partial charge in [-0.25, -0.2) is 22.2 Å². The van der Waals surface area contributed by atoms with Crippen molar-refractivity contribution in [3.63, 3.8) is 0 Å². The predicted molar refractivity (Wildman–Crippen MR) is 121 cm³/mol. The maximum absolute atomic E-state index is 13.0. The number of esters is 1. The molecule has 0 N–H and O–H groups in total. The minimum atomic E-state index is -3.68. The topological polar surface area (TPSA) is 84.7 Å². The smallest absolute Gasteiger partial charge is 0.340 e. The molecule has 0 radical (unpaired) electrons. The Hall–Kier alpha value is -3.17. The monoisotopic (exact) mass is 454 g/mol. The molecule has 4 rings (SSSR count). The van der Waals surface area contributed by atoms with E-state index in [2.05, 4.69) is 10.00 Å². The van der Waals surface area contributed by atoms with Crippen molar-refractivity contribution in [2.24, 2.45) is 0 Å². The lowest BCUT2D eigenvalue weighted by molar-refractivity contribution is 0.0468. The molecule has 1 aliphatic rings. The molecule has 0 bridgehead atoms. The van der Waals surface area contributed by atoms with Crippen LogP contribution >= 0.6 is 0 Å². The first-order valence-electron chi connectivity index (χ1n) is 10.4. The van der Waals surface area contributed by atoms with E-state index in [-0.39, 0.29) is 17.1 Å². The molecular weight excluding hydrogens is 428 g/mol. The van der Waals surface area contributed by atoms with E-state index in [1.807, 2.05) is 30.3 Å². The Balaban J connectivity index is 1.57. The van der Waals surface area contributed by atoms with Crippen molar-refractivity contribution in [2.75, 3.05) is 32.1 Å². The van der Waals surface area contributed by atoms with Crippen LogP contribution in [0.1, 0.15) is 28.9 Å². The number of rotatable bonds is 7. The van der Waals surface area contributed by atoms with E-state index in [4.69, 9.17) is 4.74 Å². The van der Waals surface area contributed by atoms with Crippen LogP contribution < -0.4 is 4.90 Å².